The molecule has 2 N–H and O–H groups in total. The molecule has 1 aliphatic heterocycles. The topological polar surface area (TPSA) is 72.1 Å². The van der Waals surface area contributed by atoms with Crippen molar-refractivity contribution >= 4 is 17.4 Å². The minimum absolute atomic E-state index is 0.0947. The van der Waals surface area contributed by atoms with E-state index < -0.39 is 24.2 Å². The molecule has 152 valence electrons. The number of rotatable bonds is 3. The van der Waals surface area contributed by atoms with Crippen molar-refractivity contribution in [3.63, 3.8) is 0 Å². The summed E-state index contributed by atoms with van der Waals surface area (Å²) in [6.07, 6.45) is -3.40. The van der Waals surface area contributed by atoms with E-state index in [0.717, 1.165) is 15.8 Å². The van der Waals surface area contributed by atoms with Gasteiger partial charge in [0.05, 0.1) is 12.3 Å². The van der Waals surface area contributed by atoms with Crippen LogP contribution in [0.4, 0.5) is 24.7 Å². The van der Waals surface area contributed by atoms with Crippen molar-refractivity contribution < 1.29 is 22.4 Å². The normalized spacial score (nSPS) is 18.8. The molecule has 0 radical (unpaired) electrons. The Kier molecular flexibility index (Phi) is 4.60. The second kappa shape index (κ2) is 6.98. The molecule has 0 saturated carbocycles. The third-order valence-electron chi connectivity index (χ3n) is 4.95. The zero-order valence-corrected chi connectivity index (χ0v) is 15.7. The molecule has 29 heavy (non-hydrogen) atoms. The standard InChI is InChI=1S/C20H19F3N4O2/c1-11-5-6-12(2)13(8-11)25-19(28)15-10-18-24-14(16-4-3-7-29-16)9-17(20(21,22)23)27(18)26-15/h3-8,10,14,17,24H,9H2,1-2H3,(H,25,28)/t14-,17+/m0/s1. The Labute approximate surface area is 164 Å². The van der Waals surface area contributed by atoms with Crippen molar-refractivity contribution in [1.82, 2.24) is 9.78 Å². The average molecular weight is 404 g/mol. The lowest BCUT2D eigenvalue weighted by molar-refractivity contribution is -0.174. The number of nitrogens with zero attached hydrogens (tertiary/aromatic N) is 2. The van der Waals surface area contributed by atoms with Crippen LogP contribution >= 0.6 is 0 Å². The van der Waals surface area contributed by atoms with Crippen LogP contribution in [0.5, 0.6) is 0 Å². The summed E-state index contributed by atoms with van der Waals surface area (Å²) in [5, 5.41) is 9.67. The zero-order valence-electron chi connectivity index (χ0n) is 15.7. The van der Waals surface area contributed by atoms with Gasteiger partial charge in [-0.3, -0.25) is 4.79 Å². The van der Waals surface area contributed by atoms with Gasteiger partial charge in [-0.2, -0.15) is 18.3 Å². The van der Waals surface area contributed by atoms with Crippen LogP contribution in [0.2, 0.25) is 0 Å². The highest BCUT2D eigenvalue weighted by Crippen LogP contribution is 2.43. The van der Waals surface area contributed by atoms with Gasteiger partial charge in [0.15, 0.2) is 11.7 Å². The van der Waals surface area contributed by atoms with E-state index in [4.69, 9.17) is 4.42 Å². The number of amides is 1. The molecule has 2 atom stereocenters. The van der Waals surface area contributed by atoms with E-state index in [1.54, 1.807) is 18.2 Å². The molecule has 1 aliphatic rings. The molecule has 6 nitrogen and oxygen atoms in total. The molecule has 0 saturated heterocycles. The number of anilines is 2. The van der Waals surface area contributed by atoms with Crippen LogP contribution in [0.3, 0.4) is 0 Å². The van der Waals surface area contributed by atoms with E-state index in [1.165, 1.54) is 12.3 Å². The van der Waals surface area contributed by atoms with Crippen LogP contribution in [0.15, 0.2) is 47.1 Å². The molecule has 3 heterocycles. The number of benzene rings is 1. The highest BCUT2D eigenvalue weighted by atomic mass is 19.4. The highest BCUT2D eigenvalue weighted by Gasteiger charge is 2.47. The van der Waals surface area contributed by atoms with Crippen molar-refractivity contribution in [2.75, 3.05) is 10.6 Å². The molecule has 0 bridgehead atoms. The lowest BCUT2D eigenvalue weighted by atomic mass is 10.0. The van der Waals surface area contributed by atoms with E-state index in [1.807, 2.05) is 26.0 Å². The molecule has 0 aliphatic carbocycles. The Morgan fingerprint density at radius 2 is 2.07 bits per heavy atom. The number of fused-ring (bicyclic) bond motifs is 1. The molecule has 2 aromatic heterocycles. The Morgan fingerprint density at radius 1 is 1.28 bits per heavy atom. The third kappa shape index (κ3) is 3.72. The molecule has 3 aromatic rings. The summed E-state index contributed by atoms with van der Waals surface area (Å²) in [6.45, 7) is 3.72. The summed E-state index contributed by atoms with van der Waals surface area (Å²) in [6, 6.07) is 7.60. The van der Waals surface area contributed by atoms with Gasteiger partial charge in [0.25, 0.3) is 5.91 Å². The van der Waals surface area contributed by atoms with E-state index in [2.05, 4.69) is 15.7 Å². The summed E-state index contributed by atoms with van der Waals surface area (Å²) in [7, 11) is 0. The number of aromatic nitrogens is 2. The number of hydrogen-bond acceptors (Lipinski definition) is 4. The van der Waals surface area contributed by atoms with Gasteiger partial charge >= 0.3 is 6.18 Å². The predicted octanol–water partition coefficient (Wildman–Crippen LogP) is 5.01. The average Bonchev–Trinajstić information content (AvgIpc) is 3.32. The number of hydrogen-bond donors (Lipinski definition) is 2. The van der Waals surface area contributed by atoms with Gasteiger partial charge in [-0.15, -0.1) is 0 Å². The first-order valence-corrected chi connectivity index (χ1v) is 9.07. The SMILES string of the molecule is Cc1ccc(C)c(NC(=O)c2cc3n(n2)[C@@H](C(F)(F)F)C[C@@H](c2ccco2)N3)c1. The first-order valence-electron chi connectivity index (χ1n) is 9.07. The summed E-state index contributed by atoms with van der Waals surface area (Å²) in [5.74, 6) is -0.0583. The van der Waals surface area contributed by atoms with Crippen molar-refractivity contribution in [3.05, 3.63) is 65.2 Å². The molecule has 9 heteroatoms. The largest absolute Gasteiger partial charge is 0.467 e. The monoisotopic (exact) mass is 404 g/mol. The lowest BCUT2D eigenvalue weighted by Gasteiger charge is -2.32. The van der Waals surface area contributed by atoms with Crippen LogP contribution in [0.25, 0.3) is 0 Å². The molecule has 0 spiro atoms. The molecule has 0 unspecified atom stereocenters. The van der Waals surface area contributed by atoms with Crippen LogP contribution < -0.4 is 10.6 Å². The van der Waals surface area contributed by atoms with Gasteiger partial charge in [0.1, 0.15) is 11.6 Å². The number of carbonyl (C=O) groups is 1. The molecule has 0 fully saturated rings. The fourth-order valence-corrected chi connectivity index (χ4v) is 3.42. The molecule has 1 aromatic carbocycles. The fraction of sp³-hybridized carbons (Fsp3) is 0.300. The smallest absolute Gasteiger partial charge is 0.410 e. The van der Waals surface area contributed by atoms with Crippen molar-refractivity contribution in [3.8, 4) is 0 Å². The molecular weight excluding hydrogens is 385 g/mol. The second-order valence-electron chi connectivity index (χ2n) is 7.14. The number of halogens is 3. The molecule has 1 amide bonds. The van der Waals surface area contributed by atoms with Crippen molar-refractivity contribution in [2.45, 2.75) is 38.5 Å². The van der Waals surface area contributed by atoms with E-state index >= 15 is 0 Å². The maximum atomic E-state index is 13.7. The number of carbonyl (C=O) groups excluding carboxylic acids is 1. The van der Waals surface area contributed by atoms with Gasteiger partial charge in [-0.25, -0.2) is 4.68 Å². The maximum absolute atomic E-state index is 13.7. The highest BCUT2D eigenvalue weighted by molar-refractivity contribution is 6.03. The maximum Gasteiger partial charge on any atom is 0.410 e. The van der Waals surface area contributed by atoms with Crippen molar-refractivity contribution in [1.29, 1.82) is 0 Å². The first-order chi connectivity index (χ1) is 13.7. The molecular formula is C20H19F3N4O2. The van der Waals surface area contributed by atoms with Crippen LogP contribution in [0.1, 0.15) is 45.9 Å². The predicted molar refractivity (Wildman–Crippen MR) is 101 cm³/mol. The number of nitrogens with one attached hydrogen (secondary N) is 2. The van der Waals surface area contributed by atoms with Crippen LogP contribution in [0, 0.1) is 13.8 Å². The van der Waals surface area contributed by atoms with E-state index in [-0.39, 0.29) is 17.9 Å². The fourth-order valence-electron chi connectivity index (χ4n) is 3.42. The Balaban J connectivity index is 1.65. The minimum atomic E-state index is -4.52. The summed E-state index contributed by atoms with van der Waals surface area (Å²) in [5.41, 5.74) is 2.30. The van der Waals surface area contributed by atoms with Crippen molar-refractivity contribution in [2.24, 2.45) is 0 Å². The van der Waals surface area contributed by atoms with E-state index in [0.29, 0.717) is 11.4 Å². The van der Waals surface area contributed by atoms with Gasteiger partial charge in [-0.1, -0.05) is 12.1 Å². The summed E-state index contributed by atoms with van der Waals surface area (Å²) >= 11 is 0. The van der Waals surface area contributed by atoms with Crippen LogP contribution in [-0.2, 0) is 0 Å². The minimum Gasteiger partial charge on any atom is -0.467 e. The summed E-state index contributed by atoms with van der Waals surface area (Å²) in [4.78, 5) is 12.6. The van der Waals surface area contributed by atoms with Crippen LogP contribution in [-0.4, -0.2) is 21.9 Å². The number of aryl methyl sites for hydroxylation is 2. The Morgan fingerprint density at radius 3 is 2.76 bits per heavy atom. The van der Waals surface area contributed by atoms with Gasteiger partial charge in [0, 0.05) is 18.2 Å². The number of alkyl halides is 3. The zero-order chi connectivity index (χ0) is 20.8. The summed E-state index contributed by atoms with van der Waals surface area (Å²) < 4.78 is 47.1. The Bertz CT molecular complexity index is 1040. The molecule has 4 rings (SSSR count). The van der Waals surface area contributed by atoms with Gasteiger partial charge in [0.2, 0.25) is 0 Å². The van der Waals surface area contributed by atoms with Gasteiger partial charge < -0.3 is 15.1 Å². The first kappa shape index (κ1) is 19.1. The van der Waals surface area contributed by atoms with Gasteiger partial charge in [-0.05, 0) is 43.2 Å². The van der Waals surface area contributed by atoms with E-state index in [9.17, 15) is 18.0 Å². The third-order valence-corrected chi connectivity index (χ3v) is 4.95. The Hall–Kier alpha value is -3.23. The second-order valence-corrected chi connectivity index (χ2v) is 7.14. The lowest BCUT2D eigenvalue weighted by Crippen LogP contribution is -2.35. The quantitative estimate of drug-likeness (QED) is 0.644. The number of furan rings is 1.